The van der Waals surface area contributed by atoms with E-state index in [1.807, 2.05) is 13.8 Å². The van der Waals surface area contributed by atoms with E-state index < -0.39 is 0 Å². The molecule has 0 aromatic carbocycles. The number of thiophene rings is 1. The van der Waals surface area contributed by atoms with Gasteiger partial charge < -0.3 is 9.72 Å². The Balaban J connectivity index is 2.27. The summed E-state index contributed by atoms with van der Waals surface area (Å²) in [6.45, 7) is 5.44. The summed E-state index contributed by atoms with van der Waals surface area (Å²) >= 11 is 6.98. The molecule has 0 bridgehead atoms. The van der Waals surface area contributed by atoms with E-state index in [0.717, 1.165) is 28.6 Å². The summed E-state index contributed by atoms with van der Waals surface area (Å²) in [6.07, 6.45) is 1.70. The Labute approximate surface area is 120 Å². The van der Waals surface area contributed by atoms with Gasteiger partial charge >= 0.3 is 0 Å². The number of hydrogen-bond donors (Lipinski definition) is 1. The Kier molecular flexibility index (Phi) is 3.32. The highest BCUT2D eigenvalue weighted by molar-refractivity contribution is 7.71. The monoisotopic (exact) mass is 296 g/mol. The number of nitrogens with one attached hydrogen (secondary N) is 1. The minimum Gasteiger partial charge on any atom is -0.381 e. The van der Waals surface area contributed by atoms with Crippen LogP contribution in [0.4, 0.5) is 0 Å². The summed E-state index contributed by atoms with van der Waals surface area (Å²) in [5.41, 5.74) is 1.12. The second kappa shape index (κ2) is 4.85. The van der Waals surface area contributed by atoms with Gasteiger partial charge in [0.15, 0.2) is 4.77 Å². The van der Waals surface area contributed by atoms with E-state index in [1.54, 1.807) is 15.9 Å². The van der Waals surface area contributed by atoms with Crippen LogP contribution < -0.4 is 5.56 Å². The van der Waals surface area contributed by atoms with E-state index in [9.17, 15) is 4.79 Å². The van der Waals surface area contributed by atoms with Gasteiger partial charge in [-0.25, -0.2) is 0 Å². The highest BCUT2D eigenvalue weighted by atomic mass is 32.1. The number of H-pyrrole nitrogens is 1. The summed E-state index contributed by atoms with van der Waals surface area (Å²) in [5, 5.41) is 0.794. The van der Waals surface area contributed by atoms with Crippen molar-refractivity contribution in [2.75, 3.05) is 13.2 Å². The summed E-state index contributed by atoms with van der Waals surface area (Å²) in [5.74, 6) is 0. The molecule has 0 saturated carbocycles. The van der Waals surface area contributed by atoms with Crippen molar-refractivity contribution in [2.24, 2.45) is 0 Å². The van der Waals surface area contributed by atoms with Crippen molar-refractivity contribution >= 4 is 33.8 Å². The summed E-state index contributed by atoms with van der Waals surface area (Å²) in [7, 11) is 0. The maximum absolute atomic E-state index is 12.7. The van der Waals surface area contributed by atoms with Crippen LogP contribution in [0.5, 0.6) is 0 Å². The fourth-order valence-electron chi connectivity index (χ4n) is 2.62. The molecule has 19 heavy (non-hydrogen) atoms. The lowest BCUT2D eigenvalue weighted by atomic mass is 10.1. The van der Waals surface area contributed by atoms with E-state index in [4.69, 9.17) is 17.0 Å². The second-order valence-electron chi connectivity index (χ2n) is 4.94. The van der Waals surface area contributed by atoms with Crippen molar-refractivity contribution in [2.45, 2.75) is 32.7 Å². The Morgan fingerprint density at radius 3 is 2.74 bits per heavy atom. The van der Waals surface area contributed by atoms with Crippen molar-refractivity contribution in [3.63, 3.8) is 0 Å². The van der Waals surface area contributed by atoms with Gasteiger partial charge in [-0.3, -0.25) is 9.36 Å². The summed E-state index contributed by atoms with van der Waals surface area (Å²) in [4.78, 5) is 18.0. The number of ether oxygens (including phenoxy) is 1. The largest absolute Gasteiger partial charge is 0.381 e. The lowest BCUT2D eigenvalue weighted by Gasteiger charge is -2.24. The molecule has 1 aliphatic rings. The van der Waals surface area contributed by atoms with Crippen molar-refractivity contribution in [1.82, 2.24) is 9.55 Å². The van der Waals surface area contributed by atoms with Crippen LogP contribution in [0.25, 0.3) is 10.2 Å². The Bertz CT molecular complexity index is 735. The molecule has 0 aliphatic carbocycles. The zero-order chi connectivity index (χ0) is 13.6. The third-order valence-corrected chi connectivity index (χ3v) is 5.23. The lowest BCUT2D eigenvalue weighted by Crippen LogP contribution is -2.30. The molecular formula is C13H16N2O2S2. The maximum Gasteiger partial charge on any atom is 0.263 e. The first-order chi connectivity index (χ1) is 9.09. The van der Waals surface area contributed by atoms with Gasteiger partial charge in [-0.05, 0) is 44.5 Å². The minimum atomic E-state index is 0.0486. The first-order valence-corrected chi connectivity index (χ1v) is 7.64. The molecule has 0 spiro atoms. The van der Waals surface area contributed by atoms with Crippen LogP contribution in [0.3, 0.4) is 0 Å². The molecule has 3 heterocycles. The van der Waals surface area contributed by atoms with Crippen LogP contribution >= 0.6 is 23.6 Å². The van der Waals surface area contributed by atoms with E-state index in [1.165, 1.54) is 4.88 Å². The van der Waals surface area contributed by atoms with Gasteiger partial charge in [-0.1, -0.05) is 0 Å². The molecule has 4 nitrogen and oxygen atoms in total. The normalized spacial score (nSPS) is 17.2. The molecule has 2 aromatic rings. The van der Waals surface area contributed by atoms with Gasteiger partial charge in [-0.2, -0.15) is 0 Å². The Morgan fingerprint density at radius 1 is 1.37 bits per heavy atom. The molecule has 0 amide bonds. The SMILES string of the molecule is Cc1sc2[nH]c(=S)n(C3CCOCC3)c(=O)c2c1C. The van der Waals surface area contributed by atoms with Gasteiger partial charge in [0, 0.05) is 24.1 Å². The highest BCUT2D eigenvalue weighted by Crippen LogP contribution is 2.27. The first kappa shape index (κ1) is 13.0. The van der Waals surface area contributed by atoms with E-state index in [0.29, 0.717) is 18.0 Å². The molecule has 0 radical (unpaired) electrons. The molecule has 1 saturated heterocycles. The zero-order valence-electron chi connectivity index (χ0n) is 11.0. The van der Waals surface area contributed by atoms with Gasteiger partial charge in [0.25, 0.3) is 5.56 Å². The van der Waals surface area contributed by atoms with Crippen molar-refractivity contribution < 1.29 is 4.74 Å². The van der Waals surface area contributed by atoms with Crippen LogP contribution in [-0.4, -0.2) is 22.8 Å². The quantitative estimate of drug-likeness (QED) is 0.823. The average Bonchev–Trinajstić information content (AvgIpc) is 2.66. The fourth-order valence-corrected chi connectivity index (χ4v) is 4.07. The van der Waals surface area contributed by atoms with Crippen LogP contribution in [0.2, 0.25) is 0 Å². The maximum atomic E-state index is 12.7. The van der Waals surface area contributed by atoms with E-state index in [2.05, 4.69) is 4.98 Å². The van der Waals surface area contributed by atoms with Crippen molar-refractivity contribution in [1.29, 1.82) is 0 Å². The Hall–Kier alpha value is -0.980. The van der Waals surface area contributed by atoms with Crippen molar-refractivity contribution in [3.8, 4) is 0 Å². The standard InChI is InChI=1S/C13H16N2O2S2/c1-7-8(2)19-11-10(7)12(16)15(13(18)14-11)9-3-5-17-6-4-9/h9H,3-6H2,1-2H3,(H,14,18). The first-order valence-electron chi connectivity index (χ1n) is 6.42. The van der Waals surface area contributed by atoms with Gasteiger partial charge in [0.2, 0.25) is 0 Å². The van der Waals surface area contributed by atoms with Crippen LogP contribution in [0, 0.1) is 18.6 Å². The van der Waals surface area contributed by atoms with Crippen LogP contribution in [0.15, 0.2) is 4.79 Å². The van der Waals surface area contributed by atoms with Gasteiger partial charge in [-0.15, -0.1) is 11.3 Å². The molecule has 2 aromatic heterocycles. The molecule has 1 aliphatic heterocycles. The third kappa shape index (κ3) is 2.07. The van der Waals surface area contributed by atoms with Crippen molar-refractivity contribution in [3.05, 3.63) is 25.6 Å². The van der Waals surface area contributed by atoms with Gasteiger partial charge in [0.05, 0.1) is 5.39 Å². The molecule has 3 rings (SSSR count). The third-order valence-electron chi connectivity index (χ3n) is 3.81. The average molecular weight is 296 g/mol. The Morgan fingerprint density at radius 2 is 2.05 bits per heavy atom. The topological polar surface area (TPSA) is 47.0 Å². The number of aromatic amines is 1. The lowest BCUT2D eigenvalue weighted by molar-refractivity contribution is 0.0681. The minimum absolute atomic E-state index is 0.0486. The van der Waals surface area contributed by atoms with Gasteiger partial charge in [0.1, 0.15) is 4.83 Å². The fraction of sp³-hybridized carbons (Fsp3) is 0.538. The molecular weight excluding hydrogens is 280 g/mol. The predicted octanol–water partition coefficient (Wildman–Crippen LogP) is 3.09. The molecule has 1 fully saturated rings. The smallest absolute Gasteiger partial charge is 0.263 e. The number of nitrogens with zero attached hydrogens (tertiary/aromatic N) is 1. The number of hydrogen-bond acceptors (Lipinski definition) is 4. The number of rotatable bonds is 1. The molecule has 6 heteroatoms. The molecule has 0 unspecified atom stereocenters. The summed E-state index contributed by atoms with van der Waals surface area (Å²) < 4.78 is 7.64. The zero-order valence-corrected chi connectivity index (χ0v) is 12.6. The van der Waals surface area contributed by atoms with Crippen LogP contribution in [0.1, 0.15) is 29.3 Å². The van der Waals surface area contributed by atoms with E-state index >= 15 is 0 Å². The number of aromatic nitrogens is 2. The second-order valence-corrected chi connectivity index (χ2v) is 6.55. The number of fused-ring (bicyclic) bond motifs is 1. The molecule has 1 N–H and O–H groups in total. The van der Waals surface area contributed by atoms with E-state index in [-0.39, 0.29) is 11.6 Å². The summed E-state index contributed by atoms with van der Waals surface area (Å²) in [6, 6.07) is 0.161. The molecule has 0 atom stereocenters. The van der Waals surface area contributed by atoms with Crippen LogP contribution in [-0.2, 0) is 4.74 Å². The highest BCUT2D eigenvalue weighted by Gasteiger charge is 2.21. The number of aryl methyl sites for hydroxylation is 2. The molecule has 102 valence electrons. The predicted molar refractivity (Wildman–Crippen MR) is 79.8 cm³/mol.